The normalized spacial score (nSPS) is 12.8. The van der Waals surface area contributed by atoms with E-state index in [9.17, 15) is 4.39 Å². The van der Waals surface area contributed by atoms with Gasteiger partial charge in [0.1, 0.15) is 5.82 Å². The van der Waals surface area contributed by atoms with E-state index in [0.717, 1.165) is 22.3 Å². The van der Waals surface area contributed by atoms with Gasteiger partial charge < -0.3 is 0 Å². The zero-order chi connectivity index (χ0) is 9.84. The third kappa shape index (κ3) is 2.58. The molecule has 1 aromatic rings. The van der Waals surface area contributed by atoms with Crippen molar-refractivity contribution in [1.29, 1.82) is 0 Å². The van der Waals surface area contributed by atoms with Crippen LogP contribution in [0.1, 0.15) is 30.2 Å². The predicted octanol–water partition coefficient (Wildman–Crippen LogP) is 2.73. The van der Waals surface area contributed by atoms with Crippen LogP contribution in [0.25, 0.3) is 0 Å². The number of hydrogen-bond donors (Lipinski definition) is 1. The van der Waals surface area contributed by atoms with Gasteiger partial charge in [-0.25, -0.2) is 4.39 Å². The molecule has 0 spiro atoms. The van der Waals surface area contributed by atoms with Crippen LogP contribution < -0.4 is 0 Å². The molecule has 0 aromatic heterocycles. The van der Waals surface area contributed by atoms with Crippen LogP contribution in [0.4, 0.5) is 4.39 Å². The number of halogens is 1. The lowest BCUT2D eigenvalue weighted by Gasteiger charge is -2.11. The van der Waals surface area contributed by atoms with Gasteiger partial charge in [0.25, 0.3) is 0 Å². The fourth-order valence-electron chi connectivity index (χ4n) is 1.34. The van der Waals surface area contributed by atoms with Gasteiger partial charge in [0, 0.05) is 5.25 Å². The number of hydrogen-bond acceptors (Lipinski definition) is 1. The molecule has 0 saturated carbocycles. The van der Waals surface area contributed by atoms with Gasteiger partial charge in [-0.15, -0.1) is 10.3 Å². The van der Waals surface area contributed by atoms with Gasteiger partial charge in [-0.05, 0) is 36.6 Å². The van der Waals surface area contributed by atoms with Crippen LogP contribution >= 0.6 is 0 Å². The van der Waals surface area contributed by atoms with Gasteiger partial charge in [0.2, 0.25) is 0 Å². The molecule has 0 amide bonds. The minimum Gasteiger partial charge on any atom is -0.207 e. The van der Waals surface area contributed by atoms with Gasteiger partial charge >= 0.3 is 0 Å². The summed E-state index contributed by atoms with van der Waals surface area (Å²) in [5.74, 6) is -0.158. The maximum Gasteiger partial charge on any atom is 0.123 e. The lowest BCUT2D eigenvalue weighted by Crippen LogP contribution is -1.97. The Balaban J connectivity index is 3.12. The molecule has 1 aromatic carbocycles. The highest BCUT2D eigenvalue weighted by Crippen LogP contribution is 2.20. The Labute approximate surface area is 86.8 Å². The van der Waals surface area contributed by atoms with Crippen LogP contribution in [-0.2, 0) is 27.9 Å². The summed E-state index contributed by atoms with van der Waals surface area (Å²) in [6, 6.07) is 4.95. The second kappa shape index (κ2) is 4.82. The Bertz CT molecular complexity index is 310. The Hall–Kier alpha value is -0.280. The minimum atomic E-state index is -0.158. The SMILES string of the molecule is CCc1cc(F)ccc1C(C)[SH]=S. The molecule has 0 N–H and O–H groups in total. The van der Waals surface area contributed by atoms with E-state index in [1.54, 1.807) is 6.07 Å². The number of benzene rings is 1. The smallest absolute Gasteiger partial charge is 0.123 e. The van der Waals surface area contributed by atoms with E-state index < -0.39 is 0 Å². The van der Waals surface area contributed by atoms with Crippen LogP contribution in [0.3, 0.4) is 0 Å². The van der Waals surface area contributed by atoms with Crippen LogP contribution in [0, 0.1) is 5.82 Å². The average Bonchev–Trinajstić information content (AvgIpc) is 2.16. The van der Waals surface area contributed by atoms with Crippen LogP contribution in [0.2, 0.25) is 0 Å². The fraction of sp³-hybridized carbons (Fsp3) is 0.400. The highest BCUT2D eigenvalue weighted by Gasteiger charge is 2.07. The van der Waals surface area contributed by atoms with E-state index in [1.807, 2.05) is 13.0 Å². The van der Waals surface area contributed by atoms with Gasteiger partial charge in [-0.3, -0.25) is 0 Å². The van der Waals surface area contributed by atoms with Crippen molar-refractivity contribution in [2.24, 2.45) is 0 Å². The molecule has 0 heterocycles. The molecule has 0 aliphatic rings. The summed E-state index contributed by atoms with van der Waals surface area (Å²) in [5.41, 5.74) is 2.26. The average molecular weight is 216 g/mol. The summed E-state index contributed by atoms with van der Waals surface area (Å²) in [6.45, 7) is 4.10. The topological polar surface area (TPSA) is 0 Å². The highest BCUT2D eigenvalue weighted by atomic mass is 32.8. The van der Waals surface area contributed by atoms with Gasteiger partial charge in [-0.2, -0.15) is 0 Å². The Morgan fingerprint density at radius 3 is 2.77 bits per heavy atom. The van der Waals surface area contributed by atoms with Crippen molar-refractivity contribution in [3.8, 4) is 0 Å². The molecular weight excluding hydrogens is 203 g/mol. The maximum absolute atomic E-state index is 12.9. The summed E-state index contributed by atoms with van der Waals surface area (Å²) < 4.78 is 12.9. The Kier molecular flexibility index (Phi) is 4.00. The molecule has 72 valence electrons. The lowest BCUT2D eigenvalue weighted by atomic mass is 10.0. The summed E-state index contributed by atoms with van der Waals surface area (Å²) in [5, 5.41) is 0.325. The van der Waals surface area contributed by atoms with E-state index in [1.165, 1.54) is 11.6 Å². The zero-order valence-corrected chi connectivity index (χ0v) is 9.46. The molecule has 0 radical (unpaired) electrons. The Morgan fingerprint density at radius 2 is 2.23 bits per heavy atom. The molecule has 13 heavy (non-hydrogen) atoms. The molecule has 3 heteroatoms. The summed E-state index contributed by atoms with van der Waals surface area (Å²) in [6.07, 6.45) is 0.863. The first kappa shape index (κ1) is 10.8. The van der Waals surface area contributed by atoms with Gasteiger partial charge in [0.05, 0.1) is 0 Å². The first-order valence-corrected chi connectivity index (χ1v) is 6.27. The number of aryl methyl sites for hydroxylation is 1. The van der Waals surface area contributed by atoms with Crippen molar-refractivity contribution in [1.82, 2.24) is 0 Å². The molecule has 0 fully saturated rings. The van der Waals surface area contributed by atoms with E-state index >= 15 is 0 Å². The predicted molar refractivity (Wildman–Crippen MR) is 60.3 cm³/mol. The molecule has 1 rings (SSSR count). The van der Waals surface area contributed by atoms with Crippen molar-refractivity contribution >= 4 is 21.5 Å². The van der Waals surface area contributed by atoms with Crippen LogP contribution in [-0.4, -0.2) is 0 Å². The Morgan fingerprint density at radius 1 is 1.54 bits per heavy atom. The fourth-order valence-corrected chi connectivity index (χ4v) is 2.05. The van der Waals surface area contributed by atoms with Crippen molar-refractivity contribution in [3.05, 3.63) is 35.1 Å². The molecule has 0 bridgehead atoms. The monoisotopic (exact) mass is 216 g/mol. The third-order valence-electron chi connectivity index (χ3n) is 2.09. The van der Waals surface area contributed by atoms with Crippen molar-refractivity contribution in [2.45, 2.75) is 25.5 Å². The number of rotatable bonds is 3. The molecule has 0 aliphatic carbocycles. The highest BCUT2D eigenvalue weighted by molar-refractivity contribution is 8.18. The lowest BCUT2D eigenvalue weighted by molar-refractivity contribution is 0.624. The van der Waals surface area contributed by atoms with E-state index in [4.69, 9.17) is 11.2 Å². The van der Waals surface area contributed by atoms with Crippen molar-refractivity contribution < 1.29 is 4.39 Å². The molecule has 0 nitrogen and oxygen atoms in total. The van der Waals surface area contributed by atoms with E-state index in [0.29, 0.717) is 5.25 Å². The molecule has 1 atom stereocenters. The van der Waals surface area contributed by atoms with Crippen molar-refractivity contribution in [3.63, 3.8) is 0 Å². The molecule has 0 aliphatic heterocycles. The van der Waals surface area contributed by atoms with E-state index in [2.05, 4.69) is 6.92 Å². The molecular formula is C10H13FS2. The van der Waals surface area contributed by atoms with Crippen LogP contribution in [0.5, 0.6) is 0 Å². The first-order valence-electron chi connectivity index (χ1n) is 4.29. The molecule has 0 saturated heterocycles. The standard InChI is InChI=1S/C10H13FS2/c1-3-8-6-9(11)4-5-10(8)7(2)13-12/h4-7,13H,3H2,1-2H3. The van der Waals surface area contributed by atoms with Crippen molar-refractivity contribution in [2.75, 3.05) is 0 Å². The summed E-state index contributed by atoms with van der Waals surface area (Å²) >= 11 is 4.98. The van der Waals surface area contributed by atoms with E-state index in [-0.39, 0.29) is 5.82 Å². The van der Waals surface area contributed by atoms with Crippen LogP contribution in [0.15, 0.2) is 18.2 Å². The third-order valence-corrected chi connectivity index (χ3v) is 3.64. The largest absolute Gasteiger partial charge is 0.207 e. The second-order valence-corrected chi connectivity index (χ2v) is 4.60. The summed E-state index contributed by atoms with van der Waals surface area (Å²) in [7, 11) is 0.920. The zero-order valence-electron chi connectivity index (χ0n) is 7.75. The summed E-state index contributed by atoms with van der Waals surface area (Å²) in [4.78, 5) is 0. The quantitative estimate of drug-likeness (QED) is 0.758. The first-order chi connectivity index (χ1) is 6.19. The van der Waals surface area contributed by atoms with Gasteiger partial charge in [-0.1, -0.05) is 24.2 Å². The number of thiol groups is 1. The molecule has 1 unspecified atom stereocenters. The maximum atomic E-state index is 12.9. The second-order valence-electron chi connectivity index (χ2n) is 2.98. The minimum absolute atomic E-state index is 0.158. The van der Waals surface area contributed by atoms with Gasteiger partial charge in [0.15, 0.2) is 0 Å².